The molecule has 6 atom stereocenters. The molecule has 0 heterocycles. The standard InChI is InChI=1S/C28H40O4/c1-18(2)28(7)17-23(31-20(4)29)27(5,6)22-15-13-19(3)25(22)26(28)32-24(30)16-14-21-11-9-8-10-12-21/h8-12,14,16,18-19,22-23,25-26H,13,15,17H2,1-7H3/b16-14+/t19-,22-,23-,25-,26+,28+/m0/s1. The molecule has 0 unspecified atom stereocenters. The number of fused-ring (bicyclic) bond motifs is 1. The van der Waals surface area contributed by atoms with E-state index in [0.717, 1.165) is 18.4 Å². The van der Waals surface area contributed by atoms with E-state index in [0.29, 0.717) is 18.3 Å². The van der Waals surface area contributed by atoms with Gasteiger partial charge in [0.15, 0.2) is 0 Å². The largest absolute Gasteiger partial charge is 0.462 e. The first-order chi connectivity index (χ1) is 15.0. The van der Waals surface area contributed by atoms with E-state index in [2.05, 4.69) is 41.5 Å². The first-order valence-electron chi connectivity index (χ1n) is 12.1. The zero-order chi connectivity index (χ0) is 23.7. The minimum absolute atomic E-state index is 0.182. The third-order valence-electron chi connectivity index (χ3n) is 8.55. The van der Waals surface area contributed by atoms with Gasteiger partial charge in [-0.25, -0.2) is 4.79 Å². The number of rotatable bonds is 5. The summed E-state index contributed by atoms with van der Waals surface area (Å²) < 4.78 is 12.3. The molecule has 0 spiro atoms. The summed E-state index contributed by atoms with van der Waals surface area (Å²) in [4.78, 5) is 25.0. The Morgan fingerprint density at radius 1 is 1.06 bits per heavy atom. The number of carbonyl (C=O) groups is 2. The molecule has 0 N–H and O–H groups in total. The van der Waals surface area contributed by atoms with Crippen LogP contribution in [0.15, 0.2) is 36.4 Å². The van der Waals surface area contributed by atoms with Crippen molar-refractivity contribution in [2.24, 2.45) is 34.5 Å². The van der Waals surface area contributed by atoms with Crippen LogP contribution in [0.25, 0.3) is 6.08 Å². The lowest BCUT2D eigenvalue weighted by Crippen LogP contribution is -2.46. The fraction of sp³-hybridized carbons (Fsp3) is 0.643. The summed E-state index contributed by atoms with van der Waals surface area (Å²) in [6.07, 6.45) is 5.80. The van der Waals surface area contributed by atoms with Crippen molar-refractivity contribution in [2.45, 2.75) is 79.9 Å². The number of ether oxygens (including phenoxy) is 2. The molecule has 2 aliphatic rings. The Kier molecular flexibility index (Phi) is 7.21. The SMILES string of the molecule is CC(=O)O[C@H]1C[C@](C)(C(C)C)[C@H](OC(=O)/C=C/c2ccccc2)[C@H]2[C@@H](C)CC[C@@H]2C1(C)C. The normalized spacial score (nSPS) is 34.2. The second-order valence-electron chi connectivity index (χ2n) is 11.1. The van der Waals surface area contributed by atoms with Crippen LogP contribution in [0.2, 0.25) is 0 Å². The third kappa shape index (κ3) is 4.79. The number of carbonyl (C=O) groups excluding carboxylic acids is 2. The summed E-state index contributed by atoms with van der Waals surface area (Å²) in [5.41, 5.74) is 0.490. The average molecular weight is 441 g/mol. The van der Waals surface area contributed by atoms with E-state index in [1.807, 2.05) is 36.4 Å². The molecule has 1 aromatic rings. The second kappa shape index (κ2) is 9.41. The molecule has 0 aliphatic heterocycles. The van der Waals surface area contributed by atoms with Crippen molar-refractivity contribution in [1.29, 1.82) is 0 Å². The van der Waals surface area contributed by atoms with Crippen LogP contribution in [-0.4, -0.2) is 24.1 Å². The van der Waals surface area contributed by atoms with E-state index in [4.69, 9.17) is 9.47 Å². The minimum Gasteiger partial charge on any atom is -0.462 e. The smallest absolute Gasteiger partial charge is 0.331 e. The lowest BCUT2D eigenvalue weighted by molar-refractivity contribution is -0.164. The van der Waals surface area contributed by atoms with E-state index < -0.39 is 0 Å². The molecule has 0 radical (unpaired) electrons. The van der Waals surface area contributed by atoms with Gasteiger partial charge >= 0.3 is 11.9 Å². The molecule has 2 aliphatic carbocycles. The molecule has 0 amide bonds. The number of hydrogen-bond donors (Lipinski definition) is 0. The molecule has 176 valence electrons. The van der Waals surface area contributed by atoms with E-state index in [1.54, 1.807) is 6.08 Å². The van der Waals surface area contributed by atoms with Crippen LogP contribution in [0, 0.1) is 34.5 Å². The van der Waals surface area contributed by atoms with Crippen molar-refractivity contribution in [1.82, 2.24) is 0 Å². The third-order valence-corrected chi connectivity index (χ3v) is 8.55. The van der Waals surface area contributed by atoms with Crippen LogP contribution in [0.4, 0.5) is 0 Å². The highest BCUT2D eigenvalue weighted by Gasteiger charge is 2.60. The van der Waals surface area contributed by atoms with Crippen LogP contribution in [0.1, 0.15) is 73.3 Å². The van der Waals surface area contributed by atoms with Crippen LogP contribution in [0.5, 0.6) is 0 Å². The van der Waals surface area contributed by atoms with Crippen molar-refractivity contribution in [2.75, 3.05) is 0 Å². The predicted octanol–water partition coefficient (Wildman–Crippen LogP) is 6.30. The highest BCUT2D eigenvalue weighted by atomic mass is 16.6. The first-order valence-corrected chi connectivity index (χ1v) is 12.1. The fourth-order valence-corrected chi connectivity index (χ4v) is 6.12. The quantitative estimate of drug-likeness (QED) is 0.398. The lowest BCUT2D eigenvalue weighted by Gasteiger charge is -2.44. The van der Waals surface area contributed by atoms with E-state index >= 15 is 0 Å². The van der Waals surface area contributed by atoms with E-state index in [1.165, 1.54) is 6.92 Å². The molecule has 4 nitrogen and oxygen atoms in total. The van der Waals surface area contributed by atoms with Crippen LogP contribution in [-0.2, 0) is 19.1 Å². The number of benzene rings is 1. The molecule has 1 aromatic carbocycles. The maximum Gasteiger partial charge on any atom is 0.331 e. The molecular weight excluding hydrogens is 400 g/mol. The molecular formula is C28H40O4. The van der Waals surface area contributed by atoms with Crippen LogP contribution >= 0.6 is 0 Å². The van der Waals surface area contributed by atoms with Gasteiger partial charge in [-0.15, -0.1) is 0 Å². The van der Waals surface area contributed by atoms with Gasteiger partial charge in [-0.2, -0.15) is 0 Å². The van der Waals surface area contributed by atoms with Crippen molar-refractivity contribution in [3.8, 4) is 0 Å². The Morgan fingerprint density at radius 3 is 2.31 bits per heavy atom. The Bertz CT molecular complexity index is 840. The molecule has 0 bridgehead atoms. The van der Waals surface area contributed by atoms with Gasteiger partial charge in [0.05, 0.1) is 0 Å². The summed E-state index contributed by atoms with van der Waals surface area (Å²) in [6.45, 7) is 14.9. The minimum atomic E-state index is -0.300. The lowest BCUT2D eigenvalue weighted by atomic mass is 9.66. The second-order valence-corrected chi connectivity index (χ2v) is 11.1. The molecule has 3 rings (SSSR count). The topological polar surface area (TPSA) is 52.6 Å². The number of hydrogen-bond acceptors (Lipinski definition) is 4. The zero-order valence-electron chi connectivity index (χ0n) is 20.8. The van der Waals surface area contributed by atoms with Crippen LogP contribution < -0.4 is 0 Å². The first kappa shape index (κ1) is 24.5. The van der Waals surface area contributed by atoms with Gasteiger partial charge in [0.25, 0.3) is 0 Å². The van der Waals surface area contributed by atoms with Crippen molar-refractivity contribution >= 4 is 18.0 Å². The van der Waals surface area contributed by atoms with Crippen molar-refractivity contribution < 1.29 is 19.1 Å². The van der Waals surface area contributed by atoms with Gasteiger partial charge < -0.3 is 9.47 Å². The molecule has 2 fully saturated rings. The molecule has 0 saturated heterocycles. The summed E-state index contributed by atoms with van der Waals surface area (Å²) in [5, 5.41) is 0. The van der Waals surface area contributed by atoms with Crippen molar-refractivity contribution in [3.05, 3.63) is 42.0 Å². The maximum absolute atomic E-state index is 13.0. The van der Waals surface area contributed by atoms with Gasteiger partial charge in [0.2, 0.25) is 0 Å². The number of esters is 2. The average Bonchev–Trinajstić information content (AvgIpc) is 3.09. The van der Waals surface area contributed by atoms with Crippen molar-refractivity contribution in [3.63, 3.8) is 0 Å². The van der Waals surface area contributed by atoms with E-state index in [-0.39, 0.29) is 46.8 Å². The summed E-state index contributed by atoms with van der Waals surface area (Å²) in [6, 6.07) is 9.80. The highest BCUT2D eigenvalue weighted by molar-refractivity contribution is 5.87. The van der Waals surface area contributed by atoms with Gasteiger partial charge in [-0.1, -0.05) is 71.9 Å². The van der Waals surface area contributed by atoms with Gasteiger partial charge in [-0.05, 0) is 48.7 Å². The molecule has 0 aromatic heterocycles. The summed E-state index contributed by atoms with van der Waals surface area (Å²) in [5.74, 6) is 0.749. The molecule has 32 heavy (non-hydrogen) atoms. The molecule has 4 heteroatoms. The van der Waals surface area contributed by atoms with Crippen LogP contribution in [0.3, 0.4) is 0 Å². The van der Waals surface area contributed by atoms with E-state index in [9.17, 15) is 9.59 Å². The summed E-state index contributed by atoms with van der Waals surface area (Å²) in [7, 11) is 0. The zero-order valence-corrected chi connectivity index (χ0v) is 20.8. The molecule has 2 saturated carbocycles. The van der Waals surface area contributed by atoms with Gasteiger partial charge in [-0.3, -0.25) is 4.79 Å². The monoisotopic (exact) mass is 440 g/mol. The maximum atomic E-state index is 13.0. The predicted molar refractivity (Wildman–Crippen MR) is 128 cm³/mol. The Balaban J connectivity index is 1.98. The fourth-order valence-electron chi connectivity index (χ4n) is 6.12. The Labute approximate surface area is 193 Å². The Hall–Kier alpha value is -2.10. The summed E-state index contributed by atoms with van der Waals surface area (Å²) >= 11 is 0. The highest BCUT2D eigenvalue weighted by Crippen LogP contribution is 2.59. The Morgan fingerprint density at radius 2 is 1.72 bits per heavy atom. The van der Waals surface area contributed by atoms with Gasteiger partial charge in [0.1, 0.15) is 12.2 Å². The van der Waals surface area contributed by atoms with Gasteiger partial charge in [0, 0.05) is 29.7 Å².